The van der Waals surface area contributed by atoms with Gasteiger partial charge in [-0.2, -0.15) is 0 Å². The molecule has 0 heterocycles. The van der Waals surface area contributed by atoms with Gasteiger partial charge in [0.25, 0.3) is 5.91 Å². The molecule has 0 aliphatic heterocycles. The zero-order chi connectivity index (χ0) is 23.7. The molecule has 6 nitrogen and oxygen atoms in total. The number of nitrogens with one attached hydrogen (secondary N) is 1. The lowest BCUT2D eigenvalue weighted by Gasteiger charge is -2.09. The summed E-state index contributed by atoms with van der Waals surface area (Å²) in [6.07, 6.45) is 1.86. The van der Waals surface area contributed by atoms with E-state index in [1.165, 1.54) is 30.8 Å². The highest BCUT2D eigenvalue weighted by atomic mass is 35.5. The second kappa shape index (κ2) is 11.9. The van der Waals surface area contributed by atoms with Gasteiger partial charge in [-0.05, 0) is 61.1 Å². The maximum Gasteiger partial charge on any atom is 0.265 e. The van der Waals surface area contributed by atoms with Gasteiger partial charge in [0.05, 0.1) is 5.71 Å². The summed E-state index contributed by atoms with van der Waals surface area (Å²) >= 11 is 12.3. The first-order valence-corrected chi connectivity index (χ1v) is 10.9. The van der Waals surface area contributed by atoms with Gasteiger partial charge < -0.3 is 15.0 Å². The minimum atomic E-state index is -0.609. The van der Waals surface area contributed by atoms with Crippen molar-refractivity contribution >= 4 is 41.0 Å². The summed E-state index contributed by atoms with van der Waals surface area (Å²) in [5, 5.41) is 9.82. The Morgan fingerprint density at radius 1 is 1.22 bits per heavy atom. The van der Waals surface area contributed by atoms with Crippen molar-refractivity contribution in [2.24, 2.45) is 10.3 Å². The molecule has 1 fully saturated rings. The number of nitrogens with zero attached hydrogens (tertiary/aromatic N) is 2. The summed E-state index contributed by atoms with van der Waals surface area (Å²) in [4.78, 5) is 20.0. The maximum atomic E-state index is 10.2. The molecular formula is C24H29Cl2N3O3. The Balaban J connectivity index is 0.000000390. The number of hydrogen-bond acceptors (Lipinski definition) is 5. The first kappa shape index (κ1) is 25.7. The van der Waals surface area contributed by atoms with E-state index in [9.17, 15) is 4.79 Å². The van der Waals surface area contributed by atoms with Crippen LogP contribution in [0.5, 0.6) is 0 Å². The third-order valence-corrected chi connectivity index (χ3v) is 5.94. The van der Waals surface area contributed by atoms with Crippen molar-refractivity contribution in [3.8, 4) is 0 Å². The zero-order valence-corrected chi connectivity index (χ0v) is 20.5. The monoisotopic (exact) mass is 477 g/mol. The van der Waals surface area contributed by atoms with Crippen LogP contribution >= 0.6 is 23.2 Å². The fraction of sp³-hybridized carbons (Fsp3) is 0.375. The Hall–Kier alpha value is -2.57. The van der Waals surface area contributed by atoms with Crippen molar-refractivity contribution in [2.75, 3.05) is 14.2 Å². The van der Waals surface area contributed by atoms with Crippen LogP contribution in [0, 0.1) is 13.8 Å². The average molecular weight is 478 g/mol. The number of oxime groups is 2. The largest absolute Gasteiger partial charge is 0.399 e. The topological polar surface area (TPSA) is 72.3 Å². The fourth-order valence-corrected chi connectivity index (χ4v) is 3.60. The van der Waals surface area contributed by atoms with Gasteiger partial charge in [-0.1, -0.05) is 46.7 Å². The first-order chi connectivity index (χ1) is 15.2. The molecule has 1 unspecified atom stereocenters. The molecule has 1 aliphatic carbocycles. The van der Waals surface area contributed by atoms with Crippen LogP contribution in [0.4, 0.5) is 0 Å². The average Bonchev–Trinajstić information content (AvgIpc) is 3.42. The summed E-state index contributed by atoms with van der Waals surface area (Å²) in [6, 6.07) is 14.4. The molecule has 1 amide bonds. The number of halogens is 2. The molecule has 2 aromatic rings. The van der Waals surface area contributed by atoms with Gasteiger partial charge >= 0.3 is 0 Å². The lowest BCUT2D eigenvalue weighted by Crippen LogP contribution is -2.18. The highest BCUT2D eigenvalue weighted by Gasteiger charge is 2.52. The van der Waals surface area contributed by atoms with Crippen LogP contribution < -0.4 is 5.32 Å². The van der Waals surface area contributed by atoms with Gasteiger partial charge in [-0.15, -0.1) is 23.2 Å². The van der Waals surface area contributed by atoms with Crippen molar-refractivity contribution in [2.45, 2.75) is 44.1 Å². The Labute approximate surface area is 199 Å². The molecule has 0 radical (unpaired) electrons. The minimum Gasteiger partial charge on any atom is -0.399 e. The van der Waals surface area contributed by atoms with Gasteiger partial charge in [-0.3, -0.25) is 4.79 Å². The smallest absolute Gasteiger partial charge is 0.265 e. The summed E-state index contributed by atoms with van der Waals surface area (Å²) in [6.45, 7) is 6.61. The second-order valence-corrected chi connectivity index (χ2v) is 9.04. The molecule has 0 spiro atoms. The van der Waals surface area contributed by atoms with Crippen molar-refractivity contribution in [1.82, 2.24) is 5.32 Å². The van der Waals surface area contributed by atoms with Crippen LogP contribution in [0.2, 0.25) is 0 Å². The van der Waals surface area contributed by atoms with Crippen molar-refractivity contribution in [1.29, 1.82) is 0 Å². The van der Waals surface area contributed by atoms with E-state index in [0.29, 0.717) is 6.61 Å². The van der Waals surface area contributed by atoms with Crippen LogP contribution in [0.25, 0.3) is 0 Å². The number of hydrogen-bond donors (Lipinski definition) is 1. The number of aryl methyl sites for hydroxylation is 2. The van der Waals surface area contributed by atoms with E-state index >= 15 is 0 Å². The maximum absolute atomic E-state index is 10.2. The molecule has 172 valence electrons. The van der Waals surface area contributed by atoms with Gasteiger partial charge in [0.15, 0.2) is 0 Å². The molecule has 32 heavy (non-hydrogen) atoms. The molecule has 0 saturated heterocycles. The van der Waals surface area contributed by atoms with Gasteiger partial charge in [0.1, 0.15) is 24.3 Å². The zero-order valence-electron chi connectivity index (χ0n) is 19.0. The SMILES string of the molecule is C/C(=N\OCc1c(C)cccc1C)c1cccc(C2CC2(Cl)Cl)c1.CNC(=O)/C=N/OC. The number of benzene rings is 2. The molecule has 1 aliphatic rings. The Kier molecular flexibility index (Phi) is 9.54. The number of carbonyl (C=O) groups excluding carboxylic acids is 1. The Morgan fingerprint density at radius 3 is 2.41 bits per heavy atom. The van der Waals surface area contributed by atoms with E-state index in [-0.39, 0.29) is 11.8 Å². The van der Waals surface area contributed by atoms with Crippen molar-refractivity contribution in [3.05, 3.63) is 70.3 Å². The van der Waals surface area contributed by atoms with E-state index in [1.54, 1.807) is 0 Å². The molecular weight excluding hydrogens is 449 g/mol. The summed E-state index contributed by atoms with van der Waals surface area (Å²) in [5.74, 6) is -0.0593. The lowest BCUT2D eigenvalue weighted by atomic mass is 10.0. The van der Waals surface area contributed by atoms with Gasteiger partial charge in [0.2, 0.25) is 0 Å². The Morgan fingerprint density at radius 2 is 1.84 bits per heavy atom. The quantitative estimate of drug-likeness (QED) is 0.335. The second-order valence-electron chi connectivity index (χ2n) is 7.50. The fourth-order valence-electron chi connectivity index (χ4n) is 3.04. The van der Waals surface area contributed by atoms with Crippen molar-refractivity contribution < 1.29 is 14.5 Å². The van der Waals surface area contributed by atoms with Crippen LogP contribution in [0.3, 0.4) is 0 Å². The van der Waals surface area contributed by atoms with Crippen LogP contribution in [-0.4, -0.2) is 36.3 Å². The van der Waals surface area contributed by atoms with Gasteiger partial charge in [0, 0.05) is 13.0 Å². The molecule has 8 heteroatoms. The minimum absolute atomic E-state index is 0.212. The molecule has 1 N–H and O–H groups in total. The van der Waals surface area contributed by atoms with Crippen LogP contribution in [0.1, 0.15) is 47.1 Å². The molecule has 0 bridgehead atoms. The van der Waals surface area contributed by atoms with Gasteiger partial charge in [-0.25, -0.2) is 0 Å². The normalized spacial score (nSPS) is 16.7. The van der Waals surface area contributed by atoms with E-state index in [1.807, 2.05) is 19.1 Å². The Bertz CT molecular complexity index is 970. The third-order valence-electron chi connectivity index (χ3n) is 5.11. The molecule has 2 aromatic carbocycles. The molecule has 1 saturated carbocycles. The first-order valence-electron chi connectivity index (χ1n) is 10.2. The predicted octanol–water partition coefficient (Wildman–Crippen LogP) is 5.27. The highest BCUT2D eigenvalue weighted by molar-refractivity contribution is 6.51. The van der Waals surface area contributed by atoms with Crippen LogP contribution in [0.15, 0.2) is 52.8 Å². The number of rotatable bonds is 7. The van der Waals surface area contributed by atoms with E-state index < -0.39 is 4.33 Å². The number of amides is 1. The number of carbonyl (C=O) groups is 1. The third kappa shape index (κ3) is 7.53. The molecule has 0 aromatic heterocycles. The number of alkyl halides is 2. The predicted molar refractivity (Wildman–Crippen MR) is 131 cm³/mol. The van der Waals surface area contributed by atoms with Crippen molar-refractivity contribution in [3.63, 3.8) is 0 Å². The summed E-state index contributed by atoms with van der Waals surface area (Å²) in [7, 11) is 2.89. The van der Waals surface area contributed by atoms with E-state index in [0.717, 1.165) is 29.5 Å². The van der Waals surface area contributed by atoms with Crippen LogP contribution in [-0.2, 0) is 21.1 Å². The van der Waals surface area contributed by atoms with E-state index in [4.69, 9.17) is 28.0 Å². The summed E-state index contributed by atoms with van der Waals surface area (Å²) in [5.41, 5.74) is 6.67. The molecule has 1 atom stereocenters. The van der Waals surface area contributed by atoms with E-state index in [2.05, 4.69) is 64.6 Å². The lowest BCUT2D eigenvalue weighted by molar-refractivity contribution is -0.114. The highest BCUT2D eigenvalue weighted by Crippen LogP contribution is 2.59. The summed E-state index contributed by atoms with van der Waals surface area (Å²) < 4.78 is -0.609. The standard InChI is InChI=1S/C20H21Cl2NO.C4H8N2O2/c1-13-6-4-7-14(2)18(13)12-24-23-15(3)16-8-5-9-17(10-16)19-11-20(19,21)22;1-5-4(7)3-6-8-2/h4-10,19H,11-12H2,1-3H3;3H,1-2H3,(H,5,7)/b23-15+;6-3+. The molecule has 3 rings (SSSR count).